The van der Waals surface area contributed by atoms with Crippen molar-refractivity contribution in [3.8, 4) is 0 Å². The monoisotopic (exact) mass is 366 g/mol. The van der Waals surface area contributed by atoms with E-state index in [1.165, 1.54) is 31.2 Å². The van der Waals surface area contributed by atoms with Crippen LogP contribution in [-0.2, 0) is 5.41 Å². The zero-order valence-corrected chi connectivity index (χ0v) is 16.2. The van der Waals surface area contributed by atoms with Gasteiger partial charge in [-0.05, 0) is 56.5 Å². The lowest BCUT2D eigenvalue weighted by atomic mass is 9.96. The van der Waals surface area contributed by atoms with Gasteiger partial charge >= 0.3 is 0 Å². The van der Waals surface area contributed by atoms with E-state index in [-0.39, 0.29) is 11.5 Å². The average molecular weight is 367 g/mol. The van der Waals surface area contributed by atoms with Crippen LogP contribution in [0.15, 0.2) is 58.1 Å². The molecule has 27 heavy (non-hydrogen) atoms. The summed E-state index contributed by atoms with van der Waals surface area (Å²) >= 11 is 0. The van der Waals surface area contributed by atoms with Gasteiger partial charge in [0, 0.05) is 25.6 Å². The molecule has 5 heteroatoms. The van der Waals surface area contributed by atoms with Crippen LogP contribution in [0.1, 0.15) is 43.0 Å². The molecule has 0 bridgehead atoms. The quantitative estimate of drug-likeness (QED) is 0.583. The van der Waals surface area contributed by atoms with Crippen molar-refractivity contribution < 1.29 is 4.42 Å². The second-order valence-corrected chi connectivity index (χ2v) is 7.73. The fraction of sp³-hybridized carbons (Fsp3) is 0.500. The Labute approximate surface area is 161 Å². The highest BCUT2D eigenvalue weighted by molar-refractivity contribution is 5.79. The van der Waals surface area contributed by atoms with Gasteiger partial charge in [0.05, 0.1) is 12.3 Å². The molecule has 4 rings (SSSR count). The van der Waals surface area contributed by atoms with E-state index < -0.39 is 0 Å². The standard InChI is InChI=1S/C22H30N4O/c1-23-21(25-17-22(11-12-22)18-8-3-2-4-9-18)24-16-19(20-10-7-15-27-20)26-13-5-6-14-26/h2-4,7-10,15,19H,5-6,11-14,16-17H2,1H3,(H2,23,24,25). The molecule has 2 aromatic rings. The number of rotatable bonds is 7. The molecule has 5 nitrogen and oxygen atoms in total. The smallest absolute Gasteiger partial charge is 0.191 e. The van der Waals surface area contributed by atoms with Crippen molar-refractivity contribution in [1.82, 2.24) is 15.5 Å². The highest BCUT2D eigenvalue weighted by Gasteiger charge is 2.44. The molecular formula is C22H30N4O. The Hall–Kier alpha value is -2.27. The molecule has 1 aliphatic carbocycles. The number of guanidine groups is 1. The summed E-state index contributed by atoms with van der Waals surface area (Å²) in [5.74, 6) is 1.90. The van der Waals surface area contributed by atoms with Gasteiger partial charge in [-0.15, -0.1) is 0 Å². The van der Waals surface area contributed by atoms with E-state index in [1.807, 2.05) is 13.1 Å². The van der Waals surface area contributed by atoms with Gasteiger partial charge in [0.25, 0.3) is 0 Å². The zero-order valence-electron chi connectivity index (χ0n) is 16.2. The first-order valence-corrected chi connectivity index (χ1v) is 10.1. The van der Waals surface area contributed by atoms with Gasteiger partial charge in [-0.2, -0.15) is 0 Å². The second kappa shape index (κ2) is 8.17. The maximum atomic E-state index is 5.71. The maximum absolute atomic E-state index is 5.71. The lowest BCUT2D eigenvalue weighted by Crippen LogP contribution is -2.44. The van der Waals surface area contributed by atoms with Crippen molar-refractivity contribution in [3.63, 3.8) is 0 Å². The minimum atomic E-state index is 0.255. The number of furan rings is 1. The molecule has 0 spiro atoms. The Kier molecular flexibility index (Phi) is 5.48. The molecule has 1 unspecified atom stereocenters. The van der Waals surface area contributed by atoms with Crippen LogP contribution in [0.4, 0.5) is 0 Å². The second-order valence-electron chi connectivity index (χ2n) is 7.73. The first kappa shape index (κ1) is 18.1. The molecule has 1 aromatic heterocycles. The number of nitrogens with zero attached hydrogens (tertiary/aromatic N) is 2. The van der Waals surface area contributed by atoms with Crippen LogP contribution < -0.4 is 10.6 Å². The van der Waals surface area contributed by atoms with Gasteiger partial charge in [0.15, 0.2) is 5.96 Å². The molecule has 1 saturated heterocycles. The van der Waals surface area contributed by atoms with Crippen molar-refractivity contribution in [2.24, 2.45) is 4.99 Å². The predicted octanol–water partition coefficient (Wildman–Crippen LogP) is 3.31. The molecule has 2 heterocycles. The Bertz CT molecular complexity index is 731. The van der Waals surface area contributed by atoms with E-state index in [1.54, 1.807) is 6.26 Å². The van der Waals surface area contributed by atoms with Crippen molar-refractivity contribution in [2.45, 2.75) is 37.1 Å². The minimum absolute atomic E-state index is 0.255. The van der Waals surface area contributed by atoms with Crippen molar-refractivity contribution in [2.75, 3.05) is 33.2 Å². The summed E-state index contributed by atoms with van der Waals surface area (Å²) in [6.45, 7) is 3.99. The lowest BCUT2D eigenvalue weighted by Gasteiger charge is -2.27. The summed E-state index contributed by atoms with van der Waals surface area (Å²) in [6.07, 6.45) is 6.78. The molecule has 2 N–H and O–H groups in total. The third-order valence-electron chi connectivity index (χ3n) is 5.97. The Balaban J connectivity index is 1.35. The summed E-state index contributed by atoms with van der Waals surface area (Å²) in [6, 6.07) is 15.1. The van der Waals surface area contributed by atoms with Crippen LogP contribution in [0.5, 0.6) is 0 Å². The van der Waals surface area contributed by atoms with E-state index in [0.29, 0.717) is 0 Å². The predicted molar refractivity (Wildman–Crippen MR) is 109 cm³/mol. The summed E-state index contributed by atoms with van der Waals surface area (Å²) in [5, 5.41) is 7.08. The molecule has 1 atom stereocenters. The molecule has 0 radical (unpaired) electrons. The highest BCUT2D eigenvalue weighted by Crippen LogP contribution is 2.47. The number of hydrogen-bond acceptors (Lipinski definition) is 3. The average Bonchev–Trinajstić information content (AvgIpc) is 3.11. The van der Waals surface area contributed by atoms with E-state index in [9.17, 15) is 0 Å². The lowest BCUT2D eigenvalue weighted by molar-refractivity contribution is 0.215. The Morgan fingerprint density at radius 3 is 2.52 bits per heavy atom. The first-order chi connectivity index (χ1) is 13.3. The van der Waals surface area contributed by atoms with Crippen LogP contribution in [0.3, 0.4) is 0 Å². The van der Waals surface area contributed by atoms with Gasteiger partial charge in [-0.3, -0.25) is 9.89 Å². The summed E-state index contributed by atoms with van der Waals surface area (Å²) in [5.41, 5.74) is 1.70. The van der Waals surface area contributed by atoms with Crippen LogP contribution in [0, 0.1) is 0 Å². The Morgan fingerprint density at radius 2 is 1.89 bits per heavy atom. The number of aliphatic imine (C=N–C) groups is 1. The number of nitrogens with one attached hydrogen (secondary N) is 2. The maximum Gasteiger partial charge on any atom is 0.191 e. The van der Waals surface area contributed by atoms with E-state index in [4.69, 9.17) is 4.42 Å². The van der Waals surface area contributed by atoms with E-state index in [2.05, 4.69) is 56.9 Å². The largest absolute Gasteiger partial charge is 0.468 e. The molecule has 1 aliphatic heterocycles. The minimum Gasteiger partial charge on any atom is -0.468 e. The third kappa shape index (κ3) is 4.19. The van der Waals surface area contributed by atoms with Crippen LogP contribution in [0.2, 0.25) is 0 Å². The Morgan fingerprint density at radius 1 is 1.11 bits per heavy atom. The third-order valence-corrected chi connectivity index (χ3v) is 5.97. The first-order valence-electron chi connectivity index (χ1n) is 10.1. The summed E-state index contributed by atoms with van der Waals surface area (Å²) < 4.78 is 5.71. The molecule has 1 aromatic carbocycles. The molecule has 2 fully saturated rings. The van der Waals surface area contributed by atoms with Crippen molar-refractivity contribution in [3.05, 3.63) is 60.1 Å². The van der Waals surface area contributed by atoms with Gasteiger partial charge in [-0.1, -0.05) is 30.3 Å². The number of hydrogen-bond donors (Lipinski definition) is 2. The molecular weight excluding hydrogens is 336 g/mol. The molecule has 1 saturated carbocycles. The van der Waals surface area contributed by atoms with E-state index >= 15 is 0 Å². The number of likely N-dealkylation sites (tertiary alicyclic amines) is 1. The summed E-state index contributed by atoms with van der Waals surface area (Å²) in [7, 11) is 1.84. The normalized spacial score (nSPS) is 20.4. The van der Waals surface area contributed by atoms with Gasteiger partial charge in [-0.25, -0.2) is 0 Å². The van der Waals surface area contributed by atoms with E-state index in [0.717, 1.165) is 37.9 Å². The molecule has 2 aliphatic rings. The fourth-order valence-corrected chi connectivity index (χ4v) is 4.12. The van der Waals surface area contributed by atoms with Gasteiger partial charge < -0.3 is 15.1 Å². The summed E-state index contributed by atoms with van der Waals surface area (Å²) in [4.78, 5) is 6.94. The topological polar surface area (TPSA) is 52.8 Å². The molecule has 0 amide bonds. The zero-order chi connectivity index (χ0) is 18.5. The fourth-order valence-electron chi connectivity index (χ4n) is 4.12. The van der Waals surface area contributed by atoms with Crippen LogP contribution in [-0.4, -0.2) is 44.1 Å². The van der Waals surface area contributed by atoms with Crippen molar-refractivity contribution in [1.29, 1.82) is 0 Å². The SMILES string of the molecule is CN=C(NCC(c1ccco1)N1CCCC1)NCC1(c2ccccc2)CC1. The van der Waals surface area contributed by atoms with Gasteiger partial charge in [0.1, 0.15) is 5.76 Å². The van der Waals surface area contributed by atoms with Crippen molar-refractivity contribution >= 4 is 5.96 Å². The van der Waals surface area contributed by atoms with Crippen LogP contribution in [0.25, 0.3) is 0 Å². The number of benzene rings is 1. The highest BCUT2D eigenvalue weighted by atomic mass is 16.3. The molecule has 144 valence electrons. The van der Waals surface area contributed by atoms with Crippen LogP contribution >= 0.6 is 0 Å². The van der Waals surface area contributed by atoms with Gasteiger partial charge in [0.2, 0.25) is 0 Å².